The zero-order valence-corrected chi connectivity index (χ0v) is 29.8. The van der Waals surface area contributed by atoms with E-state index in [4.69, 9.17) is 0 Å². The van der Waals surface area contributed by atoms with Crippen molar-refractivity contribution in [3.05, 3.63) is 193 Å². The maximum absolute atomic E-state index is 2.42. The van der Waals surface area contributed by atoms with E-state index < -0.39 is 0 Å². The van der Waals surface area contributed by atoms with Crippen molar-refractivity contribution >= 4 is 53.9 Å². The molecule has 0 saturated heterocycles. The van der Waals surface area contributed by atoms with Crippen LogP contribution < -0.4 is 0 Å². The molecule has 0 fully saturated rings. The van der Waals surface area contributed by atoms with Crippen LogP contribution in [0.5, 0.6) is 0 Å². The predicted molar refractivity (Wildman–Crippen MR) is 228 cm³/mol. The first-order valence-electron chi connectivity index (χ1n) is 18.7. The van der Waals surface area contributed by atoms with E-state index in [0.717, 1.165) is 0 Å². The van der Waals surface area contributed by atoms with Crippen LogP contribution in [0.4, 0.5) is 0 Å². The summed E-state index contributed by atoms with van der Waals surface area (Å²) >= 11 is 0. The van der Waals surface area contributed by atoms with E-state index in [1.54, 1.807) is 0 Å². The fourth-order valence-electron chi connectivity index (χ4n) is 9.55. The van der Waals surface area contributed by atoms with Crippen LogP contribution in [0.2, 0.25) is 0 Å². The molecule has 1 aliphatic carbocycles. The van der Waals surface area contributed by atoms with Crippen molar-refractivity contribution in [1.29, 1.82) is 0 Å². The lowest BCUT2D eigenvalue weighted by atomic mass is 9.78. The Bertz CT molecular complexity index is 3080. The van der Waals surface area contributed by atoms with Crippen molar-refractivity contribution in [2.24, 2.45) is 0 Å². The lowest BCUT2D eigenvalue weighted by Crippen LogP contribution is -2.16. The number of rotatable bonds is 3. The summed E-state index contributed by atoms with van der Waals surface area (Å²) in [5, 5.41) is 12.8. The second-order valence-electron chi connectivity index (χ2n) is 15.2. The van der Waals surface area contributed by atoms with Gasteiger partial charge in [-0.1, -0.05) is 172 Å². The Balaban J connectivity index is 1.07. The summed E-state index contributed by atoms with van der Waals surface area (Å²) in [6.07, 6.45) is 0. The van der Waals surface area contributed by atoms with E-state index in [-0.39, 0.29) is 5.41 Å². The second-order valence-corrected chi connectivity index (χ2v) is 15.2. The summed E-state index contributed by atoms with van der Waals surface area (Å²) in [5.74, 6) is 0. The van der Waals surface area contributed by atoms with E-state index in [2.05, 4.69) is 196 Å². The van der Waals surface area contributed by atoms with Crippen molar-refractivity contribution in [1.82, 2.24) is 0 Å². The Kier molecular flexibility index (Phi) is 6.40. The minimum absolute atomic E-state index is 0.107. The SMILES string of the molecule is CC1(C)c2cc3ccccc3cc2-c2cccc(-c3ccc4cc(-c5c6ccccc6c(-c6cccc7ccccc67)c6ccccc56)ccc4c3)c21. The quantitative estimate of drug-likeness (QED) is 0.164. The molecular formula is C53H36. The molecule has 10 aromatic carbocycles. The summed E-state index contributed by atoms with van der Waals surface area (Å²) in [6, 6.07) is 67.9. The zero-order valence-electron chi connectivity index (χ0n) is 29.8. The first kappa shape index (κ1) is 30.2. The maximum atomic E-state index is 2.42. The van der Waals surface area contributed by atoms with Gasteiger partial charge in [0.1, 0.15) is 0 Å². The highest BCUT2D eigenvalue weighted by molar-refractivity contribution is 6.23. The van der Waals surface area contributed by atoms with Gasteiger partial charge in [-0.15, -0.1) is 0 Å². The Hall–Kier alpha value is -6.50. The highest BCUT2D eigenvalue weighted by Crippen LogP contribution is 2.53. The van der Waals surface area contributed by atoms with E-state index in [9.17, 15) is 0 Å². The predicted octanol–water partition coefficient (Wildman–Crippen LogP) is 14.8. The van der Waals surface area contributed by atoms with Crippen LogP contribution in [0.15, 0.2) is 182 Å². The van der Waals surface area contributed by atoms with Crippen molar-refractivity contribution < 1.29 is 0 Å². The highest BCUT2D eigenvalue weighted by Gasteiger charge is 2.37. The summed E-state index contributed by atoms with van der Waals surface area (Å²) in [5.41, 5.74) is 13.1. The molecule has 0 heterocycles. The third kappa shape index (κ3) is 4.42. The summed E-state index contributed by atoms with van der Waals surface area (Å²) < 4.78 is 0. The van der Waals surface area contributed by atoms with Crippen LogP contribution in [-0.4, -0.2) is 0 Å². The molecule has 0 aromatic heterocycles. The first-order chi connectivity index (χ1) is 26.0. The molecule has 0 bridgehead atoms. The van der Waals surface area contributed by atoms with E-state index in [1.165, 1.54) is 109 Å². The van der Waals surface area contributed by atoms with E-state index in [1.807, 2.05) is 0 Å². The average Bonchev–Trinajstić information content (AvgIpc) is 3.43. The molecule has 0 radical (unpaired) electrons. The fourth-order valence-corrected chi connectivity index (χ4v) is 9.55. The Morgan fingerprint density at radius 2 is 0.774 bits per heavy atom. The Morgan fingerprint density at radius 1 is 0.302 bits per heavy atom. The van der Waals surface area contributed by atoms with Crippen molar-refractivity contribution in [3.63, 3.8) is 0 Å². The van der Waals surface area contributed by atoms with Crippen LogP contribution in [0.25, 0.3) is 98.4 Å². The number of hydrogen-bond donors (Lipinski definition) is 0. The molecule has 0 aliphatic heterocycles. The summed E-state index contributed by atoms with van der Waals surface area (Å²) in [6.45, 7) is 4.78. The summed E-state index contributed by atoms with van der Waals surface area (Å²) in [7, 11) is 0. The van der Waals surface area contributed by atoms with Gasteiger partial charge >= 0.3 is 0 Å². The van der Waals surface area contributed by atoms with Gasteiger partial charge in [0, 0.05) is 5.41 Å². The molecule has 0 atom stereocenters. The van der Waals surface area contributed by atoms with E-state index >= 15 is 0 Å². The lowest BCUT2D eigenvalue weighted by molar-refractivity contribution is 0.663. The average molecular weight is 673 g/mol. The third-order valence-corrected chi connectivity index (χ3v) is 12.0. The van der Waals surface area contributed by atoms with Gasteiger partial charge in [-0.2, -0.15) is 0 Å². The van der Waals surface area contributed by atoms with Gasteiger partial charge in [-0.05, 0) is 134 Å². The van der Waals surface area contributed by atoms with Crippen molar-refractivity contribution in [2.45, 2.75) is 19.3 Å². The smallest absolute Gasteiger partial charge is 0.0165 e. The van der Waals surface area contributed by atoms with Gasteiger partial charge in [-0.25, -0.2) is 0 Å². The first-order valence-corrected chi connectivity index (χ1v) is 18.7. The van der Waals surface area contributed by atoms with Crippen LogP contribution in [-0.2, 0) is 5.41 Å². The van der Waals surface area contributed by atoms with Crippen LogP contribution in [0.3, 0.4) is 0 Å². The fraction of sp³-hybridized carbons (Fsp3) is 0.0566. The molecule has 248 valence electrons. The van der Waals surface area contributed by atoms with Gasteiger partial charge in [0.25, 0.3) is 0 Å². The van der Waals surface area contributed by atoms with Gasteiger partial charge in [-0.3, -0.25) is 0 Å². The minimum atomic E-state index is -0.107. The zero-order chi connectivity index (χ0) is 35.3. The number of fused-ring (bicyclic) bond motifs is 8. The molecule has 1 aliphatic rings. The van der Waals surface area contributed by atoms with Gasteiger partial charge in [0.2, 0.25) is 0 Å². The largest absolute Gasteiger partial charge is 0.0616 e. The van der Waals surface area contributed by atoms with Crippen molar-refractivity contribution in [2.75, 3.05) is 0 Å². The molecule has 0 unspecified atom stereocenters. The number of benzene rings is 10. The topological polar surface area (TPSA) is 0 Å². The molecule has 10 aromatic rings. The third-order valence-electron chi connectivity index (χ3n) is 12.0. The Labute approximate surface area is 309 Å². The minimum Gasteiger partial charge on any atom is -0.0616 e. The highest BCUT2D eigenvalue weighted by atomic mass is 14.4. The van der Waals surface area contributed by atoms with Crippen LogP contribution >= 0.6 is 0 Å². The molecule has 0 saturated carbocycles. The molecule has 0 amide bonds. The molecule has 0 spiro atoms. The van der Waals surface area contributed by atoms with E-state index in [0.29, 0.717) is 0 Å². The normalized spacial score (nSPS) is 13.2. The molecular weight excluding hydrogens is 637 g/mol. The van der Waals surface area contributed by atoms with Crippen LogP contribution in [0, 0.1) is 0 Å². The molecule has 0 heteroatoms. The molecule has 0 nitrogen and oxygen atoms in total. The molecule has 53 heavy (non-hydrogen) atoms. The van der Waals surface area contributed by atoms with Crippen molar-refractivity contribution in [3.8, 4) is 44.5 Å². The second kappa shape index (κ2) is 11.2. The summed E-state index contributed by atoms with van der Waals surface area (Å²) in [4.78, 5) is 0. The maximum Gasteiger partial charge on any atom is 0.0165 e. The monoisotopic (exact) mass is 672 g/mol. The van der Waals surface area contributed by atoms with Crippen LogP contribution in [0.1, 0.15) is 25.0 Å². The molecule has 11 rings (SSSR count). The van der Waals surface area contributed by atoms with Gasteiger partial charge < -0.3 is 0 Å². The lowest BCUT2D eigenvalue weighted by Gasteiger charge is -2.25. The van der Waals surface area contributed by atoms with Gasteiger partial charge in [0.05, 0.1) is 0 Å². The number of hydrogen-bond acceptors (Lipinski definition) is 0. The standard InChI is InChI=1S/C53H36/c1-53(2)49-32-35-15-4-3-14-34(35)31-48(49)47-24-12-22-41(52(47)53)38-27-25-37-30-39(28-26-36(37)29-38)50-43-18-7-9-20-45(43)51(46-21-10-8-19-44(46)50)42-23-11-16-33-13-5-6-17-40(33)42/h3-32H,1-2H3. The van der Waals surface area contributed by atoms with Gasteiger partial charge in [0.15, 0.2) is 0 Å². The Morgan fingerprint density at radius 3 is 1.47 bits per heavy atom. The molecule has 0 N–H and O–H groups in total.